The zero-order chi connectivity index (χ0) is 42.7. The van der Waals surface area contributed by atoms with Gasteiger partial charge >= 0.3 is 0 Å². The topological polar surface area (TPSA) is 48.5 Å². The molecule has 0 amide bonds. The molecule has 0 aliphatic heterocycles. The predicted octanol–water partition coefficient (Wildman–Crippen LogP) is 14.7. The normalized spacial score (nSPS) is 11.6. The molecule has 0 radical (unpaired) electrons. The number of nitrogens with zero attached hydrogens (tertiary/aromatic N) is 5. The Hall–Kier alpha value is -8.55. The van der Waals surface area contributed by atoms with Crippen LogP contribution in [-0.2, 0) is 0 Å². The van der Waals surface area contributed by atoms with Gasteiger partial charge < -0.3 is 9.13 Å². The largest absolute Gasteiger partial charge is 0.308 e. The first kappa shape index (κ1) is 37.2. The van der Waals surface area contributed by atoms with Gasteiger partial charge in [0.25, 0.3) is 0 Å². The molecule has 0 N–H and O–H groups in total. The Balaban J connectivity index is 1.23. The summed E-state index contributed by atoms with van der Waals surface area (Å²) in [6, 6.07) is 69.0. The van der Waals surface area contributed by atoms with Crippen LogP contribution in [0.25, 0.3) is 111 Å². The first-order chi connectivity index (χ1) is 31.6. The van der Waals surface area contributed by atoms with E-state index in [1.54, 1.807) is 24.3 Å². The fourth-order valence-corrected chi connectivity index (χ4v) is 9.34. The number of halogens is 2. The summed E-state index contributed by atoms with van der Waals surface area (Å²) in [5.74, 6) is 0.690. The van der Waals surface area contributed by atoms with Gasteiger partial charge in [0.2, 0.25) is 0 Å². The summed E-state index contributed by atoms with van der Waals surface area (Å²) in [6.07, 6.45) is 0. The molecule has 12 aromatic rings. The molecule has 0 saturated carbocycles. The van der Waals surface area contributed by atoms with E-state index >= 15 is 0 Å². The van der Waals surface area contributed by atoms with E-state index in [0.717, 1.165) is 93.9 Å². The highest BCUT2D eigenvalue weighted by Gasteiger charge is 2.26. The van der Waals surface area contributed by atoms with Crippen LogP contribution < -0.4 is 0 Å². The smallest absolute Gasteiger partial charge is 0.166 e. The Morgan fingerprint density at radius 2 is 0.625 bits per heavy atom. The van der Waals surface area contributed by atoms with E-state index < -0.39 is 0 Å². The average Bonchev–Trinajstić information content (AvgIpc) is 3.87. The van der Waals surface area contributed by atoms with Crippen LogP contribution in [0.2, 0.25) is 0 Å². The molecule has 302 valence electrons. The molecule has 0 unspecified atom stereocenters. The van der Waals surface area contributed by atoms with Gasteiger partial charge in [-0.15, -0.1) is 0 Å². The molecule has 64 heavy (non-hydrogen) atoms. The molecule has 9 aromatic carbocycles. The van der Waals surface area contributed by atoms with Crippen LogP contribution in [-0.4, -0.2) is 24.1 Å². The Kier molecular flexibility index (Phi) is 8.79. The van der Waals surface area contributed by atoms with E-state index in [4.69, 9.17) is 15.0 Å². The molecule has 0 aliphatic carbocycles. The Labute approximate surface area is 366 Å². The highest BCUT2D eigenvalue weighted by Crippen LogP contribution is 2.44. The van der Waals surface area contributed by atoms with E-state index in [2.05, 4.69) is 118 Å². The van der Waals surface area contributed by atoms with Crippen molar-refractivity contribution in [1.29, 1.82) is 0 Å². The summed E-state index contributed by atoms with van der Waals surface area (Å²) >= 11 is 0. The van der Waals surface area contributed by atoms with Crippen LogP contribution in [0.5, 0.6) is 0 Å². The molecule has 0 aliphatic rings. The zero-order valence-corrected chi connectivity index (χ0v) is 34.2. The lowest BCUT2D eigenvalue weighted by Crippen LogP contribution is -2.07. The van der Waals surface area contributed by atoms with Crippen LogP contribution in [0.3, 0.4) is 0 Å². The second-order valence-corrected chi connectivity index (χ2v) is 15.8. The van der Waals surface area contributed by atoms with E-state index in [1.165, 1.54) is 24.3 Å². The zero-order valence-electron chi connectivity index (χ0n) is 34.2. The van der Waals surface area contributed by atoms with Crippen molar-refractivity contribution < 1.29 is 8.78 Å². The summed E-state index contributed by atoms with van der Waals surface area (Å²) in [6.45, 7) is 0. The molecule has 7 heteroatoms. The molecular weight excluding hydrogens is 793 g/mol. The molecule has 0 fully saturated rings. The Morgan fingerprint density at radius 3 is 1.02 bits per heavy atom. The minimum atomic E-state index is -0.326. The number of para-hydroxylation sites is 4. The summed E-state index contributed by atoms with van der Waals surface area (Å²) in [7, 11) is 0. The minimum absolute atomic E-state index is 0.326. The van der Waals surface area contributed by atoms with Gasteiger partial charge in [0.05, 0.1) is 44.6 Å². The van der Waals surface area contributed by atoms with Gasteiger partial charge in [-0.3, -0.25) is 0 Å². The van der Waals surface area contributed by atoms with Crippen LogP contribution in [0.4, 0.5) is 8.78 Å². The lowest BCUT2D eigenvalue weighted by Gasteiger charge is -2.20. The Bertz CT molecular complexity index is 3410. The van der Waals surface area contributed by atoms with Crippen LogP contribution in [0.1, 0.15) is 0 Å². The summed E-state index contributed by atoms with van der Waals surface area (Å²) in [4.78, 5) is 16.3. The maximum atomic E-state index is 14.6. The number of benzene rings is 9. The summed E-state index contributed by atoms with van der Waals surface area (Å²) < 4.78 is 33.8. The highest BCUT2D eigenvalue weighted by atomic mass is 19.1. The number of hydrogen-bond acceptors (Lipinski definition) is 3. The van der Waals surface area contributed by atoms with Gasteiger partial charge in [-0.05, 0) is 82.9 Å². The molecule has 0 bridgehead atoms. The molecule has 5 nitrogen and oxygen atoms in total. The molecular formula is C57H35F2N5. The minimum Gasteiger partial charge on any atom is -0.308 e. The van der Waals surface area contributed by atoms with Crippen molar-refractivity contribution in [2.45, 2.75) is 0 Å². The van der Waals surface area contributed by atoms with Crippen molar-refractivity contribution >= 4 is 43.6 Å². The first-order valence-electron chi connectivity index (χ1n) is 21.2. The van der Waals surface area contributed by atoms with Crippen molar-refractivity contribution in [2.75, 3.05) is 0 Å². The third-order valence-electron chi connectivity index (χ3n) is 12.2. The second-order valence-electron chi connectivity index (χ2n) is 15.8. The van der Waals surface area contributed by atoms with E-state index in [1.807, 2.05) is 54.6 Å². The second kappa shape index (κ2) is 15.1. The lowest BCUT2D eigenvalue weighted by atomic mass is 9.95. The van der Waals surface area contributed by atoms with Crippen LogP contribution in [0.15, 0.2) is 212 Å². The first-order valence-corrected chi connectivity index (χ1v) is 21.2. The van der Waals surface area contributed by atoms with Gasteiger partial charge in [0, 0.05) is 27.1 Å². The average molecular weight is 828 g/mol. The quantitative estimate of drug-likeness (QED) is 0.161. The SMILES string of the molecule is Fc1ccc(-c2cccc(-n3c4ccccc4c4ccccc43)c2-c2nc(-c3ccccc3)nc(-c3c(-c4ccc(F)cc4)cccc3-n3c4ccccc4c4ccccc43)n2)cc1. The van der Waals surface area contributed by atoms with E-state index in [-0.39, 0.29) is 11.6 Å². The molecule has 0 saturated heterocycles. The van der Waals surface area contributed by atoms with E-state index in [9.17, 15) is 8.78 Å². The highest BCUT2D eigenvalue weighted by molar-refractivity contribution is 6.11. The summed E-state index contributed by atoms with van der Waals surface area (Å²) in [5.41, 5.74) is 11.4. The van der Waals surface area contributed by atoms with Crippen LogP contribution >= 0.6 is 0 Å². The fraction of sp³-hybridized carbons (Fsp3) is 0. The van der Waals surface area contributed by atoms with Gasteiger partial charge in [0.1, 0.15) is 11.6 Å². The van der Waals surface area contributed by atoms with Gasteiger partial charge in [0.15, 0.2) is 17.5 Å². The molecule has 0 spiro atoms. The van der Waals surface area contributed by atoms with Crippen molar-refractivity contribution in [2.24, 2.45) is 0 Å². The lowest BCUT2D eigenvalue weighted by molar-refractivity contribution is 0.627. The third-order valence-corrected chi connectivity index (χ3v) is 12.2. The monoisotopic (exact) mass is 827 g/mol. The maximum absolute atomic E-state index is 14.6. The number of aromatic nitrogens is 5. The maximum Gasteiger partial charge on any atom is 0.166 e. The van der Waals surface area contributed by atoms with Gasteiger partial charge in [-0.25, -0.2) is 23.7 Å². The van der Waals surface area contributed by atoms with Crippen molar-refractivity contribution in [1.82, 2.24) is 24.1 Å². The Morgan fingerprint density at radius 1 is 0.281 bits per heavy atom. The van der Waals surface area contributed by atoms with Crippen molar-refractivity contribution in [3.63, 3.8) is 0 Å². The van der Waals surface area contributed by atoms with Gasteiger partial charge in [-0.1, -0.05) is 152 Å². The van der Waals surface area contributed by atoms with Gasteiger partial charge in [-0.2, -0.15) is 0 Å². The van der Waals surface area contributed by atoms with Crippen molar-refractivity contribution in [3.8, 4) is 67.8 Å². The molecule has 12 rings (SSSR count). The third kappa shape index (κ3) is 6.08. The summed E-state index contributed by atoms with van der Waals surface area (Å²) in [5, 5.41) is 4.45. The molecule has 0 atom stereocenters. The van der Waals surface area contributed by atoms with E-state index in [0.29, 0.717) is 17.5 Å². The standard InChI is InChI=1S/C57H35F2N5/c58-39-32-28-36(29-33-39)41-20-12-26-51(63-47-22-8-4-16-43(47)44-17-5-9-23-48(44)63)53(41)56-60-55(38-14-2-1-3-15-38)61-57(62-56)54-42(37-30-34-40(59)35-31-37)21-13-27-52(54)64-49-24-10-6-18-45(49)46-19-7-11-25-50(46)64/h1-35H. The predicted molar refractivity (Wildman–Crippen MR) is 256 cm³/mol. The molecule has 3 aromatic heterocycles. The number of hydrogen-bond donors (Lipinski definition) is 0. The van der Waals surface area contributed by atoms with Crippen molar-refractivity contribution in [3.05, 3.63) is 224 Å². The number of fused-ring (bicyclic) bond motifs is 6. The fourth-order valence-electron chi connectivity index (χ4n) is 9.34. The van der Waals surface area contributed by atoms with Crippen LogP contribution in [0, 0.1) is 11.6 Å². The number of rotatable bonds is 7. The molecule has 3 heterocycles.